The lowest BCUT2D eigenvalue weighted by Crippen LogP contribution is -2.32. The summed E-state index contributed by atoms with van der Waals surface area (Å²) >= 11 is 2.94. The molecule has 0 aliphatic rings. The monoisotopic (exact) mass is 238 g/mol. The molecule has 0 bridgehead atoms. The number of hydrogen-bond acceptors (Lipinski definition) is 6. The Labute approximate surface area is 90.9 Å². The highest BCUT2D eigenvalue weighted by Crippen LogP contribution is 2.05. The van der Waals surface area contributed by atoms with Gasteiger partial charge in [0.1, 0.15) is 0 Å². The summed E-state index contributed by atoms with van der Waals surface area (Å²) in [5.74, 6) is 11.7. The van der Waals surface area contributed by atoms with Crippen molar-refractivity contribution in [2.45, 2.75) is 0 Å². The van der Waals surface area contributed by atoms with E-state index in [4.69, 9.17) is 11.7 Å². The first kappa shape index (κ1) is 13.6. The zero-order chi connectivity index (χ0) is 10.8. The molecule has 0 atom stereocenters. The minimum Gasteiger partial charge on any atom is -0.294 e. The molecule has 6 nitrogen and oxygen atoms in total. The second-order valence-electron chi connectivity index (χ2n) is 2.24. The van der Waals surface area contributed by atoms with Gasteiger partial charge in [-0.1, -0.05) is 0 Å². The molecule has 8 heteroatoms. The number of nitrogens with two attached hydrogens (primary N) is 2. The van der Waals surface area contributed by atoms with Crippen molar-refractivity contribution in [2.24, 2.45) is 11.7 Å². The van der Waals surface area contributed by atoms with Gasteiger partial charge in [-0.05, 0) is 0 Å². The molecule has 82 valence electrons. The third-order valence-electron chi connectivity index (χ3n) is 1.16. The largest absolute Gasteiger partial charge is 0.294 e. The summed E-state index contributed by atoms with van der Waals surface area (Å²) < 4.78 is 0. The fourth-order valence-corrected chi connectivity index (χ4v) is 2.30. The van der Waals surface area contributed by atoms with E-state index in [1.54, 1.807) is 0 Å². The van der Waals surface area contributed by atoms with Gasteiger partial charge in [0, 0.05) is 11.5 Å². The van der Waals surface area contributed by atoms with Gasteiger partial charge < -0.3 is 0 Å². The highest BCUT2D eigenvalue weighted by atomic mass is 32.2. The van der Waals surface area contributed by atoms with Crippen molar-refractivity contribution in [3.8, 4) is 0 Å². The van der Waals surface area contributed by atoms with Crippen LogP contribution in [-0.4, -0.2) is 34.8 Å². The van der Waals surface area contributed by atoms with Crippen molar-refractivity contribution in [2.75, 3.05) is 23.0 Å². The van der Waals surface area contributed by atoms with Gasteiger partial charge >= 0.3 is 0 Å². The molecular weight excluding hydrogens is 224 g/mol. The Hall–Kier alpha value is -0.440. The van der Waals surface area contributed by atoms with Gasteiger partial charge in [-0.2, -0.15) is 23.5 Å². The van der Waals surface area contributed by atoms with Gasteiger partial charge in [-0.25, -0.2) is 11.7 Å². The van der Waals surface area contributed by atoms with E-state index in [0.717, 1.165) is 11.5 Å². The summed E-state index contributed by atoms with van der Waals surface area (Å²) in [7, 11) is 0. The molecule has 0 aliphatic heterocycles. The van der Waals surface area contributed by atoms with Crippen LogP contribution < -0.4 is 22.5 Å². The maximum atomic E-state index is 10.7. The van der Waals surface area contributed by atoms with Crippen molar-refractivity contribution < 1.29 is 9.59 Å². The summed E-state index contributed by atoms with van der Waals surface area (Å²) in [5.41, 5.74) is 4.07. The van der Waals surface area contributed by atoms with Crippen LogP contribution in [0.2, 0.25) is 0 Å². The number of hydrogen-bond donors (Lipinski definition) is 4. The molecule has 0 aliphatic carbocycles. The summed E-state index contributed by atoms with van der Waals surface area (Å²) in [6.45, 7) is 0. The zero-order valence-electron chi connectivity index (χ0n) is 7.62. The van der Waals surface area contributed by atoms with Crippen molar-refractivity contribution in [3.63, 3.8) is 0 Å². The Balaban J connectivity index is 3.14. The smallest absolute Gasteiger partial charge is 0.243 e. The van der Waals surface area contributed by atoms with E-state index in [1.165, 1.54) is 23.5 Å². The normalized spacial score (nSPS) is 9.57. The van der Waals surface area contributed by atoms with Crippen molar-refractivity contribution >= 4 is 35.3 Å². The molecule has 0 unspecified atom stereocenters. The van der Waals surface area contributed by atoms with Crippen LogP contribution in [0.1, 0.15) is 0 Å². The summed E-state index contributed by atoms with van der Waals surface area (Å²) in [5, 5.41) is 0. The lowest BCUT2D eigenvalue weighted by atomic mass is 10.7. The van der Waals surface area contributed by atoms with Gasteiger partial charge in [0.25, 0.3) is 0 Å². The van der Waals surface area contributed by atoms with Gasteiger partial charge in [0.15, 0.2) is 0 Å². The first-order valence-corrected chi connectivity index (χ1v) is 6.16. The van der Waals surface area contributed by atoms with Crippen LogP contribution in [-0.2, 0) is 9.59 Å². The average molecular weight is 238 g/mol. The van der Waals surface area contributed by atoms with E-state index >= 15 is 0 Å². The number of thioether (sulfide) groups is 2. The van der Waals surface area contributed by atoms with E-state index in [-0.39, 0.29) is 11.8 Å². The molecular formula is C6H14N4O2S2. The van der Waals surface area contributed by atoms with Crippen LogP contribution >= 0.6 is 23.5 Å². The highest BCUT2D eigenvalue weighted by Gasteiger charge is 2.00. The maximum absolute atomic E-state index is 10.7. The number of hydrazine groups is 2. The summed E-state index contributed by atoms with van der Waals surface area (Å²) in [4.78, 5) is 21.3. The summed E-state index contributed by atoms with van der Waals surface area (Å²) in [6.07, 6.45) is 0. The first-order chi connectivity index (χ1) is 6.70. The molecule has 0 aromatic rings. The lowest BCUT2D eigenvalue weighted by molar-refractivity contribution is -0.119. The molecule has 0 aromatic heterocycles. The number of rotatable bonds is 7. The Morgan fingerprint density at radius 3 is 1.57 bits per heavy atom. The van der Waals surface area contributed by atoms with Crippen molar-refractivity contribution in [1.29, 1.82) is 0 Å². The van der Waals surface area contributed by atoms with Crippen LogP contribution in [0, 0.1) is 0 Å². The van der Waals surface area contributed by atoms with Crippen molar-refractivity contribution in [3.05, 3.63) is 0 Å². The van der Waals surface area contributed by atoms with E-state index in [2.05, 4.69) is 0 Å². The number of nitrogens with one attached hydrogen (secondary N) is 2. The topological polar surface area (TPSA) is 110 Å². The van der Waals surface area contributed by atoms with Crippen LogP contribution in [0.25, 0.3) is 0 Å². The van der Waals surface area contributed by atoms with Gasteiger partial charge in [0.2, 0.25) is 11.8 Å². The molecule has 2 amide bonds. The van der Waals surface area contributed by atoms with Gasteiger partial charge in [0.05, 0.1) is 11.5 Å². The number of amides is 2. The molecule has 0 radical (unpaired) electrons. The standard InChI is InChI=1S/C6H14N4O2S2/c7-9-5(11)3-13-1-2-14-4-6(12)10-8/h1-4,7-8H2,(H,9,11)(H,10,12). The molecule has 6 N–H and O–H groups in total. The van der Waals surface area contributed by atoms with Gasteiger partial charge in [-0.3, -0.25) is 20.4 Å². The van der Waals surface area contributed by atoms with Crippen LogP contribution in [0.4, 0.5) is 0 Å². The molecule has 0 rings (SSSR count). The third-order valence-corrected chi connectivity index (χ3v) is 3.34. The van der Waals surface area contributed by atoms with E-state index in [0.29, 0.717) is 11.5 Å². The first-order valence-electron chi connectivity index (χ1n) is 3.85. The Morgan fingerprint density at radius 2 is 1.29 bits per heavy atom. The Kier molecular flexibility index (Phi) is 8.84. The predicted octanol–water partition coefficient (Wildman–Crippen LogP) is -1.57. The second kappa shape index (κ2) is 9.13. The van der Waals surface area contributed by atoms with Crippen LogP contribution in [0.5, 0.6) is 0 Å². The average Bonchev–Trinajstić information content (AvgIpc) is 2.22. The van der Waals surface area contributed by atoms with E-state index < -0.39 is 0 Å². The molecule has 0 aromatic carbocycles. The van der Waals surface area contributed by atoms with Crippen molar-refractivity contribution in [1.82, 2.24) is 10.9 Å². The molecule has 0 spiro atoms. The SMILES string of the molecule is NNC(=O)CSCCSCC(=O)NN. The third kappa shape index (κ3) is 8.17. The Bertz CT molecular complexity index is 171. The fourth-order valence-electron chi connectivity index (χ4n) is 0.531. The van der Waals surface area contributed by atoms with E-state index in [1.807, 2.05) is 10.9 Å². The minimum atomic E-state index is -0.195. The minimum absolute atomic E-state index is 0.195. The van der Waals surface area contributed by atoms with Crippen LogP contribution in [0.15, 0.2) is 0 Å². The number of carbonyl (C=O) groups excluding carboxylic acids is 2. The summed E-state index contributed by atoms with van der Waals surface area (Å²) in [6, 6.07) is 0. The molecule has 14 heavy (non-hydrogen) atoms. The Morgan fingerprint density at radius 1 is 0.929 bits per heavy atom. The van der Waals surface area contributed by atoms with E-state index in [9.17, 15) is 9.59 Å². The maximum Gasteiger partial charge on any atom is 0.243 e. The molecule has 0 heterocycles. The number of carbonyl (C=O) groups is 2. The molecule has 0 saturated carbocycles. The van der Waals surface area contributed by atoms with Gasteiger partial charge in [-0.15, -0.1) is 0 Å². The van der Waals surface area contributed by atoms with Crippen LogP contribution in [0.3, 0.4) is 0 Å². The quantitative estimate of drug-likeness (QED) is 0.185. The zero-order valence-corrected chi connectivity index (χ0v) is 9.25. The predicted molar refractivity (Wildman–Crippen MR) is 59.3 cm³/mol. The highest BCUT2D eigenvalue weighted by molar-refractivity contribution is 8.03. The lowest BCUT2D eigenvalue weighted by Gasteiger charge is -2.00. The second-order valence-corrected chi connectivity index (χ2v) is 4.45. The fraction of sp³-hybridized carbons (Fsp3) is 0.667. The molecule has 0 saturated heterocycles. The molecule has 0 fully saturated rings.